The van der Waals surface area contributed by atoms with E-state index in [1.165, 1.54) is 25.7 Å². The number of carbonyl (C=O) groups is 2. The molecular formula is C16H31AlO5. The SMILES string of the molecule is CCCCCCCC(=O)[O-].CCCCCCCC(=O)[O-].[Al+3].[OH-]. The van der Waals surface area contributed by atoms with Crippen LogP contribution in [0.15, 0.2) is 0 Å². The van der Waals surface area contributed by atoms with Gasteiger partial charge in [-0.3, -0.25) is 0 Å². The van der Waals surface area contributed by atoms with Crippen molar-refractivity contribution in [3.05, 3.63) is 0 Å². The van der Waals surface area contributed by atoms with Gasteiger partial charge in [-0.1, -0.05) is 65.2 Å². The fourth-order valence-electron chi connectivity index (χ4n) is 1.75. The van der Waals surface area contributed by atoms with Crippen molar-refractivity contribution >= 4 is 29.3 Å². The fourth-order valence-corrected chi connectivity index (χ4v) is 1.75. The molecule has 0 rings (SSSR count). The Morgan fingerprint density at radius 2 is 0.909 bits per heavy atom. The molecule has 0 aromatic rings. The zero-order chi connectivity index (χ0) is 15.6. The summed E-state index contributed by atoms with van der Waals surface area (Å²) in [6, 6.07) is 0. The molecule has 0 radical (unpaired) electrons. The van der Waals surface area contributed by atoms with Gasteiger partial charge < -0.3 is 25.3 Å². The Morgan fingerprint density at radius 3 is 1.14 bits per heavy atom. The third kappa shape index (κ3) is 36.6. The largest absolute Gasteiger partial charge is 3.00 e. The average Bonchev–Trinajstić information content (AvgIpc) is 2.38. The maximum absolute atomic E-state index is 9.92. The van der Waals surface area contributed by atoms with E-state index in [9.17, 15) is 19.8 Å². The number of carboxylic acids is 2. The van der Waals surface area contributed by atoms with Crippen molar-refractivity contribution in [2.75, 3.05) is 0 Å². The number of aliphatic carboxylic acids is 2. The van der Waals surface area contributed by atoms with Gasteiger partial charge >= 0.3 is 17.4 Å². The van der Waals surface area contributed by atoms with Crippen LogP contribution in [0.4, 0.5) is 0 Å². The Labute approximate surface area is 145 Å². The number of rotatable bonds is 12. The van der Waals surface area contributed by atoms with Crippen molar-refractivity contribution in [3.63, 3.8) is 0 Å². The molecule has 22 heavy (non-hydrogen) atoms. The molecular weight excluding hydrogens is 299 g/mol. The number of hydrogen-bond donors (Lipinski definition) is 0. The molecule has 0 spiro atoms. The summed E-state index contributed by atoms with van der Waals surface area (Å²) in [5, 5.41) is 19.8. The van der Waals surface area contributed by atoms with E-state index in [0.29, 0.717) is 0 Å². The monoisotopic (exact) mass is 330 g/mol. The first-order valence-corrected chi connectivity index (χ1v) is 7.94. The van der Waals surface area contributed by atoms with Crippen LogP contribution in [0.1, 0.15) is 90.9 Å². The molecule has 0 atom stereocenters. The summed E-state index contributed by atoms with van der Waals surface area (Å²) in [5.74, 6) is -1.84. The predicted octanol–water partition coefficient (Wildman–Crippen LogP) is 1.64. The van der Waals surface area contributed by atoms with Crippen LogP contribution in [0.2, 0.25) is 0 Å². The molecule has 0 amide bonds. The van der Waals surface area contributed by atoms with Crippen LogP contribution in [0, 0.1) is 0 Å². The van der Waals surface area contributed by atoms with Crippen LogP contribution < -0.4 is 10.2 Å². The molecule has 0 saturated carbocycles. The van der Waals surface area contributed by atoms with Gasteiger partial charge in [0.05, 0.1) is 0 Å². The van der Waals surface area contributed by atoms with Crippen molar-refractivity contribution in [2.24, 2.45) is 0 Å². The van der Waals surface area contributed by atoms with Crippen molar-refractivity contribution in [2.45, 2.75) is 90.9 Å². The summed E-state index contributed by atoms with van der Waals surface area (Å²) in [6.45, 7) is 4.28. The Bertz CT molecular complexity index is 211. The molecule has 0 saturated heterocycles. The smallest absolute Gasteiger partial charge is 0.870 e. The Hall–Kier alpha value is -0.568. The van der Waals surface area contributed by atoms with Crippen LogP contribution in [-0.2, 0) is 9.59 Å². The molecule has 0 bridgehead atoms. The average molecular weight is 330 g/mol. The molecule has 128 valence electrons. The molecule has 6 heteroatoms. The Morgan fingerprint density at radius 1 is 0.636 bits per heavy atom. The maximum Gasteiger partial charge on any atom is 3.00 e. The van der Waals surface area contributed by atoms with Gasteiger partial charge in [0.15, 0.2) is 0 Å². The van der Waals surface area contributed by atoms with E-state index in [1.54, 1.807) is 0 Å². The first kappa shape index (κ1) is 29.4. The summed E-state index contributed by atoms with van der Waals surface area (Å²) < 4.78 is 0. The summed E-state index contributed by atoms with van der Waals surface area (Å²) >= 11 is 0. The van der Waals surface area contributed by atoms with E-state index < -0.39 is 11.9 Å². The van der Waals surface area contributed by atoms with Crippen LogP contribution in [0.25, 0.3) is 0 Å². The molecule has 0 aliphatic rings. The molecule has 0 heterocycles. The number of unbranched alkanes of at least 4 members (excludes halogenated alkanes) is 8. The van der Waals surface area contributed by atoms with Crippen LogP contribution >= 0.6 is 0 Å². The van der Waals surface area contributed by atoms with Gasteiger partial charge in [-0.05, 0) is 25.7 Å². The zero-order valence-electron chi connectivity index (χ0n) is 14.1. The summed E-state index contributed by atoms with van der Waals surface area (Å²) in [7, 11) is 0. The summed E-state index contributed by atoms with van der Waals surface area (Å²) in [4.78, 5) is 19.8. The van der Waals surface area contributed by atoms with E-state index >= 15 is 0 Å². The molecule has 0 fully saturated rings. The minimum atomic E-state index is -0.920. The fraction of sp³-hybridized carbons (Fsp3) is 0.875. The number of carbonyl (C=O) groups excluding carboxylic acids is 2. The minimum absolute atomic E-state index is 0. The maximum atomic E-state index is 9.92. The Kier molecular flexibility index (Phi) is 34.0. The summed E-state index contributed by atoms with van der Waals surface area (Å²) in [6.07, 6.45) is 11.2. The second-order valence-electron chi connectivity index (χ2n) is 5.07. The molecule has 0 aliphatic carbocycles. The quantitative estimate of drug-likeness (QED) is 0.399. The third-order valence-electron chi connectivity index (χ3n) is 2.97. The molecule has 0 aromatic carbocycles. The van der Waals surface area contributed by atoms with Gasteiger partial charge in [-0.2, -0.15) is 0 Å². The second kappa shape index (κ2) is 25.4. The first-order valence-electron chi connectivity index (χ1n) is 7.94. The van der Waals surface area contributed by atoms with Crippen LogP contribution in [0.3, 0.4) is 0 Å². The van der Waals surface area contributed by atoms with Gasteiger partial charge in [0.25, 0.3) is 0 Å². The zero-order valence-corrected chi connectivity index (χ0v) is 15.3. The van der Waals surface area contributed by atoms with Gasteiger partial charge in [-0.15, -0.1) is 0 Å². The van der Waals surface area contributed by atoms with Gasteiger partial charge in [0.2, 0.25) is 0 Å². The van der Waals surface area contributed by atoms with Crippen molar-refractivity contribution in [1.82, 2.24) is 0 Å². The van der Waals surface area contributed by atoms with Crippen molar-refractivity contribution in [1.29, 1.82) is 0 Å². The normalized spacial score (nSPS) is 8.82. The molecule has 1 N–H and O–H groups in total. The van der Waals surface area contributed by atoms with E-state index in [-0.39, 0.29) is 35.7 Å². The Balaban J connectivity index is -0.000000135. The van der Waals surface area contributed by atoms with Gasteiger partial charge in [-0.25, -0.2) is 0 Å². The van der Waals surface area contributed by atoms with Crippen LogP contribution in [0.5, 0.6) is 0 Å². The second-order valence-corrected chi connectivity index (χ2v) is 5.07. The van der Waals surface area contributed by atoms with Crippen molar-refractivity contribution in [3.8, 4) is 0 Å². The first-order chi connectivity index (χ1) is 9.54. The van der Waals surface area contributed by atoms with Crippen LogP contribution in [-0.4, -0.2) is 34.8 Å². The van der Waals surface area contributed by atoms with E-state index in [2.05, 4.69) is 13.8 Å². The topological polar surface area (TPSA) is 110 Å². The van der Waals surface area contributed by atoms with E-state index in [1.807, 2.05) is 0 Å². The van der Waals surface area contributed by atoms with E-state index in [4.69, 9.17) is 0 Å². The third-order valence-corrected chi connectivity index (χ3v) is 2.97. The predicted molar refractivity (Wildman–Crippen MR) is 84.5 cm³/mol. The van der Waals surface area contributed by atoms with Crippen molar-refractivity contribution < 1.29 is 25.3 Å². The van der Waals surface area contributed by atoms with E-state index in [0.717, 1.165) is 38.5 Å². The molecule has 5 nitrogen and oxygen atoms in total. The van der Waals surface area contributed by atoms with Gasteiger partial charge in [0, 0.05) is 11.9 Å². The molecule has 0 unspecified atom stereocenters. The molecule has 0 aliphatic heterocycles. The standard InChI is InChI=1S/2C8H16O2.Al.H2O/c2*1-2-3-4-5-6-7-8(9)10;;/h2*2-7H2,1H3,(H,9,10);;1H2/q;;+3;/p-3. The van der Waals surface area contributed by atoms with Gasteiger partial charge in [0.1, 0.15) is 0 Å². The number of carboxylic acid groups (broad SMARTS) is 2. The minimum Gasteiger partial charge on any atom is -0.870 e. The number of hydrogen-bond acceptors (Lipinski definition) is 5. The summed E-state index contributed by atoms with van der Waals surface area (Å²) in [5.41, 5.74) is 0. The molecule has 0 aromatic heterocycles.